The van der Waals surface area contributed by atoms with Crippen LogP contribution in [-0.2, 0) is 75.3 Å². The van der Waals surface area contributed by atoms with Crippen LogP contribution in [0.2, 0.25) is 0 Å². The molecule has 0 radical (unpaired) electrons. The van der Waals surface area contributed by atoms with Gasteiger partial charge in [-0.3, -0.25) is 33.8 Å². The van der Waals surface area contributed by atoms with E-state index in [0.29, 0.717) is 31.2 Å². The summed E-state index contributed by atoms with van der Waals surface area (Å²) in [7, 11) is 0. The lowest BCUT2D eigenvalue weighted by molar-refractivity contribution is -0.190. The number of hydrogen-bond acceptors (Lipinski definition) is 16. The first kappa shape index (κ1) is 105. The van der Waals surface area contributed by atoms with Crippen LogP contribution in [-0.4, -0.2) is 93.2 Å². The van der Waals surface area contributed by atoms with Crippen LogP contribution in [0.1, 0.15) is 284 Å². The number of nitrogens with one attached hydrogen (secondary N) is 2. The molecule has 5 rings (SSSR count). The zero-order chi connectivity index (χ0) is 88.8. The largest absolute Gasteiger partial charge is 0.491 e. The molecule has 0 spiro atoms. The first-order chi connectivity index (χ1) is 56.3. The number of alkyl halides is 3. The molecule has 1 heterocycles. The highest BCUT2D eigenvalue weighted by atomic mass is 19.4. The first-order valence-corrected chi connectivity index (χ1v) is 40.4. The molecule has 0 unspecified atom stereocenters. The quantitative estimate of drug-likeness (QED) is 0.00621. The number of halogens is 13. The summed E-state index contributed by atoms with van der Waals surface area (Å²) in [5, 5.41) is 14.2. The molecular weight excluding hydrogens is 1590 g/mol. The van der Waals surface area contributed by atoms with E-state index >= 15 is 0 Å². The standard InChI is InChI=1S/C40H54F5NO7.C34H55NO7.C8F8O2.C5H5N/c1-40(2,3)53-32(49)24-20-15-13-11-9-7-5-4-6-8-10-12-14-19-23-30(47)46-29(39(50)51-27-28-21-17-16-18-22-28)25-26-31(48)52-38-36(44)34(42)33(41)35(43)37(38)45;1-34(2,3)42-32(39)24-20-15-13-11-9-7-5-4-6-8-10-12-14-19-23-30(36)35-29(25-26-31(37)38)33(40)41-27-28-21-17-16-18-22-28;9-1-2(10)4(12)6(5(13)3(1)11)18-7(17)8(14,15)16;1-2-4-6-5-3-1/h16-18,21-22,29H,4-15,19-20,23-27H2,1-3H3,(H,46,47);16-18,21-22,29H,4-15,19-20,23-27H2,1-3H3,(H,35,36)(H,37,38);;1-5H/t2*29-;;/m00../s1. The second kappa shape index (κ2) is 59.1. The summed E-state index contributed by atoms with van der Waals surface area (Å²) in [5.41, 5.74) is 0.667. The Morgan fingerprint density at radius 1 is 0.345 bits per heavy atom. The van der Waals surface area contributed by atoms with Crippen molar-refractivity contribution in [1.29, 1.82) is 0 Å². The van der Waals surface area contributed by atoms with Gasteiger partial charge in [0.05, 0.1) is 0 Å². The summed E-state index contributed by atoms with van der Waals surface area (Å²) in [6.07, 6.45) is 28.4. The third-order valence-electron chi connectivity index (χ3n) is 17.4. The number of unbranched alkanes of at least 4 members (excludes halogenated alkanes) is 26. The second-order valence-corrected chi connectivity index (χ2v) is 30.2. The minimum atomic E-state index is -5.65. The summed E-state index contributed by atoms with van der Waals surface area (Å²) >= 11 is 0. The molecule has 2 amide bonds. The van der Waals surface area contributed by atoms with Crippen LogP contribution >= 0.6 is 0 Å². The zero-order valence-electron chi connectivity index (χ0n) is 68.6. The number of aliphatic carboxylic acids is 1. The Balaban J connectivity index is 0.000000638. The predicted octanol–water partition coefficient (Wildman–Crippen LogP) is 21.5. The molecule has 0 aliphatic heterocycles. The van der Waals surface area contributed by atoms with Gasteiger partial charge in [-0.15, -0.1) is 0 Å². The molecule has 5 aromatic rings. The molecule has 2 atom stereocenters. The van der Waals surface area contributed by atoms with Crippen LogP contribution in [0.5, 0.6) is 11.5 Å². The molecule has 19 nitrogen and oxygen atoms in total. The number of aromatic nitrogens is 1. The number of nitrogens with zero attached hydrogens (tertiary/aromatic N) is 1. The number of amides is 2. The minimum Gasteiger partial charge on any atom is -0.481 e. The molecule has 1 aromatic heterocycles. The Labute approximate surface area is 687 Å². The van der Waals surface area contributed by atoms with Gasteiger partial charge in [-0.05, 0) is 103 Å². The van der Waals surface area contributed by atoms with Crippen LogP contribution in [0.3, 0.4) is 0 Å². The maximum atomic E-state index is 14.0. The van der Waals surface area contributed by atoms with E-state index in [2.05, 4.69) is 25.1 Å². The maximum absolute atomic E-state index is 14.0. The average Bonchev–Trinajstić information content (AvgIpc) is 0.798. The van der Waals surface area contributed by atoms with Gasteiger partial charge in [0.1, 0.15) is 36.5 Å². The summed E-state index contributed by atoms with van der Waals surface area (Å²) < 4.78 is 195. The van der Waals surface area contributed by atoms with Crippen molar-refractivity contribution in [3.05, 3.63) is 161 Å². The van der Waals surface area contributed by atoms with Crippen LogP contribution in [0.25, 0.3) is 0 Å². The molecule has 0 saturated carbocycles. The van der Waals surface area contributed by atoms with Gasteiger partial charge in [-0.25, -0.2) is 40.7 Å². The number of pyridine rings is 1. The van der Waals surface area contributed by atoms with E-state index in [1.807, 2.05) is 90.1 Å². The Hall–Kier alpha value is -9.65. The van der Waals surface area contributed by atoms with Gasteiger partial charge in [-0.2, -0.15) is 30.7 Å². The lowest BCUT2D eigenvalue weighted by atomic mass is 10.0. The molecule has 664 valence electrons. The SMILES string of the molecule is CC(C)(C)OC(=O)CCCCCCCCCCCCCCCCC(=O)N[C@@H](CCC(=O)O)C(=O)OCc1ccccc1.CC(C)(C)OC(=O)CCCCCCCCCCCCCCCCC(=O)N[C@@H](CCC(=O)Oc1c(F)c(F)c(F)c(F)c1F)C(=O)OCc1ccccc1.O=C(Oc1c(F)c(F)c(F)c(F)c1F)C(F)(F)F.c1ccncc1. The molecule has 0 saturated heterocycles. The van der Waals surface area contributed by atoms with Crippen molar-refractivity contribution in [3.63, 3.8) is 0 Å². The molecule has 0 aliphatic carbocycles. The molecule has 3 N–H and O–H groups in total. The third-order valence-corrected chi connectivity index (χ3v) is 17.4. The van der Waals surface area contributed by atoms with E-state index in [1.165, 1.54) is 83.5 Å². The van der Waals surface area contributed by atoms with E-state index in [4.69, 9.17) is 24.1 Å². The fourth-order valence-corrected chi connectivity index (χ4v) is 11.3. The number of carbonyl (C=O) groups is 9. The van der Waals surface area contributed by atoms with Gasteiger partial charge in [0.25, 0.3) is 0 Å². The minimum absolute atomic E-state index is 0.00451. The zero-order valence-corrected chi connectivity index (χ0v) is 68.6. The average molecular weight is 1700 g/mol. The smallest absolute Gasteiger partial charge is 0.481 e. The molecule has 32 heteroatoms. The van der Waals surface area contributed by atoms with Gasteiger partial charge in [0.15, 0.2) is 0 Å². The van der Waals surface area contributed by atoms with Gasteiger partial charge in [0, 0.05) is 50.9 Å². The highest BCUT2D eigenvalue weighted by Crippen LogP contribution is 2.33. The Bertz CT molecular complexity index is 3750. The van der Waals surface area contributed by atoms with Gasteiger partial charge < -0.3 is 44.2 Å². The van der Waals surface area contributed by atoms with E-state index in [-0.39, 0.29) is 50.3 Å². The number of carboxylic acid groups (broad SMARTS) is 1. The highest BCUT2D eigenvalue weighted by Gasteiger charge is 2.43. The number of carboxylic acids is 1. The monoisotopic (exact) mass is 1700 g/mol. The summed E-state index contributed by atoms with van der Waals surface area (Å²) in [4.78, 5) is 111. The van der Waals surface area contributed by atoms with Crippen molar-refractivity contribution in [2.24, 2.45) is 0 Å². The maximum Gasteiger partial charge on any atom is 0.491 e. The van der Waals surface area contributed by atoms with E-state index < -0.39 is 148 Å². The number of rotatable bonds is 50. The van der Waals surface area contributed by atoms with Crippen molar-refractivity contribution >= 4 is 53.6 Å². The second-order valence-electron chi connectivity index (χ2n) is 30.2. The fraction of sp³-hybridized carbons (Fsp3) is 0.563. The predicted molar refractivity (Wildman–Crippen MR) is 416 cm³/mol. The number of ether oxygens (including phenoxy) is 6. The van der Waals surface area contributed by atoms with Crippen LogP contribution < -0.4 is 20.1 Å². The molecule has 0 fully saturated rings. The summed E-state index contributed by atoms with van der Waals surface area (Å²) in [6, 6.07) is 21.3. The van der Waals surface area contributed by atoms with Crippen molar-refractivity contribution in [2.45, 2.75) is 315 Å². The number of benzene rings is 4. The molecular formula is C87H114F13N3O16. The van der Waals surface area contributed by atoms with Crippen molar-refractivity contribution in [1.82, 2.24) is 15.6 Å². The van der Waals surface area contributed by atoms with Crippen LogP contribution in [0.4, 0.5) is 57.1 Å². The van der Waals surface area contributed by atoms with E-state index in [9.17, 15) is 100 Å². The highest BCUT2D eigenvalue weighted by molar-refractivity contribution is 5.86. The van der Waals surface area contributed by atoms with Crippen molar-refractivity contribution in [3.8, 4) is 11.5 Å². The summed E-state index contributed by atoms with van der Waals surface area (Å²) in [6.45, 7) is 11.3. The van der Waals surface area contributed by atoms with Gasteiger partial charge >= 0.3 is 48.0 Å². The third kappa shape index (κ3) is 48.9. The van der Waals surface area contributed by atoms with Crippen LogP contribution in [0, 0.1) is 58.2 Å². The summed E-state index contributed by atoms with van der Waals surface area (Å²) in [5.74, 6) is -36.6. The topological polar surface area (TPSA) is 266 Å². The lowest BCUT2D eigenvalue weighted by Crippen LogP contribution is -2.42. The van der Waals surface area contributed by atoms with E-state index in [0.717, 1.165) is 95.5 Å². The van der Waals surface area contributed by atoms with Crippen molar-refractivity contribution in [2.75, 3.05) is 0 Å². The number of carbonyl (C=O) groups excluding carboxylic acids is 8. The molecule has 4 aromatic carbocycles. The Morgan fingerprint density at radius 3 is 0.882 bits per heavy atom. The molecule has 0 aliphatic rings. The van der Waals surface area contributed by atoms with E-state index in [1.54, 1.807) is 42.7 Å². The molecule has 0 bridgehead atoms. The number of esters is 6. The lowest BCUT2D eigenvalue weighted by Gasteiger charge is -2.19. The van der Waals surface area contributed by atoms with Gasteiger partial charge in [-0.1, -0.05) is 221 Å². The normalized spacial score (nSPS) is 11.7. The van der Waals surface area contributed by atoms with Crippen molar-refractivity contribution < 1.29 is 134 Å². The van der Waals surface area contributed by atoms with Gasteiger partial charge in [0.2, 0.25) is 81.5 Å². The fourth-order valence-electron chi connectivity index (χ4n) is 11.3. The Kier molecular flexibility index (Phi) is 52.4. The number of hydrogen-bond donors (Lipinski definition) is 3. The van der Waals surface area contributed by atoms with Crippen LogP contribution in [0.15, 0.2) is 91.3 Å². The first-order valence-electron chi connectivity index (χ1n) is 40.4. The Morgan fingerprint density at radius 2 is 0.613 bits per heavy atom. The molecule has 119 heavy (non-hydrogen) atoms.